The number of hydrogen-bond acceptors (Lipinski definition) is 3. The molecule has 0 saturated carbocycles. The van der Waals surface area contributed by atoms with Gasteiger partial charge < -0.3 is 15.4 Å². The molecule has 3 N–H and O–H groups in total. The molecule has 0 radical (unpaired) electrons. The van der Waals surface area contributed by atoms with E-state index in [0.29, 0.717) is 23.1 Å². The van der Waals surface area contributed by atoms with Crippen molar-refractivity contribution in [2.24, 2.45) is 5.92 Å². The highest BCUT2D eigenvalue weighted by Crippen LogP contribution is 2.09. The summed E-state index contributed by atoms with van der Waals surface area (Å²) in [5.74, 6) is -0.166. The average molecular weight is 331 g/mol. The van der Waals surface area contributed by atoms with E-state index in [-0.39, 0.29) is 23.5 Å². The van der Waals surface area contributed by atoms with Gasteiger partial charge in [-0.2, -0.15) is 0 Å². The molecule has 0 aliphatic heterocycles. The first-order chi connectivity index (χ1) is 9.01. The Morgan fingerprint density at radius 2 is 2.26 bits per heavy atom. The van der Waals surface area contributed by atoms with Crippen LogP contribution in [-0.4, -0.2) is 29.1 Å². The van der Waals surface area contributed by atoms with Gasteiger partial charge >= 0.3 is 0 Å². The van der Waals surface area contributed by atoms with Crippen LogP contribution in [0.1, 0.15) is 35.8 Å². The molecule has 1 unspecified atom stereocenters. The number of aromatic nitrogens is 1. The van der Waals surface area contributed by atoms with Gasteiger partial charge in [0.25, 0.3) is 5.91 Å². The van der Waals surface area contributed by atoms with Crippen molar-refractivity contribution in [3.8, 4) is 0 Å². The highest BCUT2D eigenvalue weighted by atomic mass is 79.9. The molecular weight excluding hydrogens is 312 g/mol. The molecule has 1 aromatic rings. The van der Waals surface area contributed by atoms with Gasteiger partial charge in [-0.25, -0.2) is 0 Å². The third kappa shape index (κ3) is 4.18. The molecule has 19 heavy (non-hydrogen) atoms. The molecule has 0 aliphatic carbocycles. The van der Waals surface area contributed by atoms with E-state index >= 15 is 0 Å². The van der Waals surface area contributed by atoms with Gasteiger partial charge in [-0.15, -0.1) is 0 Å². The van der Waals surface area contributed by atoms with Crippen molar-refractivity contribution in [3.63, 3.8) is 0 Å². The van der Waals surface area contributed by atoms with Gasteiger partial charge in [-0.3, -0.25) is 9.59 Å². The summed E-state index contributed by atoms with van der Waals surface area (Å²) in [7, 11) is 0. The molecule has 0 aromatic carbocycles. The maximum atomic E-state index is 11.9. The second-order valence-electron chi connectivity index (χ2n) is 4.47. The first-order valence-electron chi connectivity index (χ1n) is 6.28. The van der Waals surface area contributed by atoms with E-state index in [2.05, 4.69) is 26.2 Å². The third-order valence-electron chi connectivity index (χ3n) is 3.12. The minimum Gasteiger partial charge on any atom is -0.396 e. The zero-order valence-corrected chi connectivity index (χ0v) is 12.7. The molecule has 5 nitrogen and oxygen atoms in total. The van der Waals surface area contributed by atoms with Crippen molar-refractivity contribution in [1.29, 1.82) is 0 Å². The van der Waals surface area contributed by atoms with Crippen LogP contribution < -0.4 is 10.7 Å². The molecular formula is C13H19BrN2O3. The summed E-state index contributed by atoms with van der Waals surface area (Å²) in [6.07, 6.45) is 2.93. The summed E-state index contributed by atoms with van der Waals surface area (Å²) in [5.41, 5.74) is 0.466. The van der Waals surface area contributed by atoms with E-state index in [1.807, 2.05) is 6.92 Å². The first-order valence-corrected chi connectivity index (χ1v) is 7.07. The van der Waals surface area contributed by atoms with Gasteiger partial charge in [0, 0.05) is 25.0 Å². The number of H-pyrrole nitrogens is 1. The number of nitrogens with one attached hydrogen (secondary N) is 2. The van der Waals surface area contributed by atoms with Crippen molar-refractivity contribution < 1.29 is 9.90 Å². The van der Waals surface area contributed by atoms with Crippen molar-refractivity contribution >= 4 is 21.8 Å². The number of aliphatic hydroxyl groups is 1. The minimum atomic E-state index is -0.390. The highest BCUT2D eigenvalue weighted by molar-refractivity contribution is 9.10. The monoisotopic (exact) mass is 330 g/mol. The smallest absolute Gasteiger partial charge is 0.256 e. The Morgan fingerprint density at radius 1 is 1.58 bits per heavy atom. The van der Waals surface area contributed by atoms with E-state index in [1.54, 1.807) is 6.92 Å². The highest BCUT2D eigenvalue weighted by Gasteiger charge is 2.15. The average Bonchev–Trinajstić information content (AvgIpc) is 2.40. The number of aromatic amines is 1. The van der Waals surface area contributed by atoms with Crippen molar-refractivity contribution in [2.75, 3.05) is 13.2 Å². The fourth-order valence-corrected chi connectivity index (χ4v) is 2.06. The van der Waals surface area contributed by atoms with Crippen LogP contribution >= 0.6 is 15.9 Å². The van der Waals surface area contributed by atoms with Gasteiger partial charge in [-0.05, 0) is 35.2 Å². The van der Waals surface area contributed by atoms with Gasteiger partial charge in [0.15, 0.2) is 0 Å². The molecule has 0 bridgehead atoms. The Labute approximate surface area is 120 Å². The number of rotatable bonds is 6. The second-order valence-corrected chi connectivity index (χ2v) is 5.26. The van der Waals surface area contributed by atoms with Gasteiger partial charge in [0.2, 0.25) is 5.43 Å². The number of carbonyl (C=O) groups excluding carboxylic acids is 1. The third-order valence-corrected chi connectivity index (χ3v) is 4.07. The fraction of sp³-hybridized carbons (Fsp3) is 0.538. The van der Waals surface area contributed by atoms with Crippen LogP contribution in [0.25, 0.3) is 0 Å². The summed E-state index contributed by atoms with van der Waals surface area (Å²) in [5, 5.41) is 11.6. The second kappa shape index (κ2) is 7.45. The van der Waals surface area contributed by atoms with Crippen LogP contribution in [0.4, 0.5) is 0 Å². The molecule has 106 valence electrons. The molecule has 1 amide bonds. The van der Waals surface area contributed by atoms with E-state index < -0.39 is 5.91 Å². The lowest BCUT2D eigenvalue weighted by Crippen LogP contribution is -2.33. The quantitative estimate of drug-likeness (QED) is 0.740. The lowest BCUT2D eigenvalue weighted by Gasteiger charge is -2.14. The van der Waals surface area contributed by atoms with Gasteiger partial charge in [0.1, 0.15) is 5.56 Å². The Hall–Kier alpha value is -1.14. The Bertz CT molecular complexity index is 499. The van der Waals surface area contributed by atoms with Crippen LogP contribution in [0.3, 0.4) is 0 Å². The largest absolute Gasteiger partial charge is 0.396 e. The van der Waals surface area contributed by atoms with Crippen LogP contribution in [0.2, 0.25) is 0 Å². The molecule has 0 fully saturated rings. The number of aliphatic hydroxyl groups excluding tert-OH is 1. The lowest BCUT2D eigenvalue weighted by molar-refractivity contribution is 0.0942. The van der Waals surface area contributed by atoms with Crippen molar-refractivity contribution in [3.05, 3.63) is 32.2 Å². The number of pyridine rings is 1. The van der Waals surface area contributed by atoms with Gasteiger partial charge in [-0.1, -0.05) is 13.3 Å². The minimum absolute atomic E-state index is 0.0938. The number of halogens is 1. The van der Waals surface area contributed by atoms with E-state index in [4.69, 9.17) is 5.11 Å². The Balaban J connectivity index is 2.74. The van der Waals surface area contributed by atoms with Crippen LogP contribution in [-0.2, 0) is 0 Å². The summed E-state index contributed by atoms with van der Waals surface area (Å²) in [6.45, 7) is 4.31. The summed E-state index contributed by atoms with van der Waals surface area (Å²) in [6, 6.07) is 0. The topological polar surface area (TPSA) is 82.2 Å². The van der Waals surface area contributed by atoms with Gasteiger partial charge in [0.05, 0.1) is 4.47 Å². The molecule has 1 rings (SSSR count). The lowest BCUT2D eigenvalue weighted by atomic mass is 10.0. The molecule has 1 heterocycles. The van der Waals surface area contributed by atoms with E-state index in [0.717, 1.165) is 6.42 Å². The zero-order valence-electron chi connectivity index (χ0n) is 11.1. The van der Waals surface area contributed by atoms with Crippen LogP contribution in [0.5, 0.6) is 0 Å². The molecule has 0 spiro atoms. The SMILES string of the molecule is CCC(CCO)CNC(=O)c1c[nH]c(C)c(Br)c1=O. The molecule has 6 heteroatoms. The number of hydrogen-bond donors (Lipinski definition) is 3. The predicted octanol–water partition coefficient (Wildman–Crippen LogP) is 1.58. The number of amides is 1. The fourth-order valence-electron chi connectivity index (χ4n) is 1.73. The predicted molar refractivity (Wildman–Crippen MR) is 77.3 cm³/mol. The van der Waals surface area contributed by atoms with Crippen molar-refractivity contribution in [2.45, 2.75) is 26.7 Å². The summed E-state index contributed by atoms with van der Waals surface area (Å²) >= 11 is 3.16. The molecule has 0 saturated heterocycles. The molecule has 0 aliphatic rings. The van der Waals surface area contributed by atoms with E-state index in [1.165, 1.54) is 6.20 Å². The Kier molecular flexibility index (Phi) is 6.24. The van der Waals surface area contributed by atoms with Crippen molar-refractivity contribution in [1.82, 2.24) is 10.3 Å². The standard InChI is InChI=1S/C13H19BrN2O3/c1-3-9(4-5-17)6-16-13(19)10-7-15-8(2)11(14)12(10)18/h7,9,17H,3-6H2,1-2H3,(H,15,18)(H,16,19). The summed E-state index contributed by atoms with van der Waals surface area (Å²) < 4.78 is 0.377. The first kappa shape index (κ1) is 15.9. The molecule has 1 aromatic heterocycles. The maximum absolute atomic E-state index is 11.9. The number of carbonyl (C=O) groups is 1. The Morgan fingerprint density at radius 3 is 2.84 bits per heavy atom. The zero-order chi connectivity index (χ0) is 14.4. The van der Waals surface area contributed by atoms with Crippen LogP contribution in [0, 0.1) is 12.8 Å². The number of aryl methyl sites for hydroxylation is 1. The molecule has 1 atom stereocenters. The normalized spacial score (nSPS) is 12.2. The van der Waals surface area contributed by atoms with E-state index in [9.17, 15) is 9.59 Å². The van der Waals surface area contributed by atoms with Crippen LogP contribution in [0.15, 0.2) is 15.5 Å². The maximum Gasteiger partial charge on any atom is 0.256 e. The summed E-state index contributed by atoms with van der Waals surface area (Å²) in [4.78, 5) is 26.7.